The number of aromatic nitrogens is 4. The molecule has 3 aromatic rings. The molecule has 2 bridgehead atoms. The van der Waals surface area contributed by atoms with Crippen LogP contribution in [-0.4, -0.2) is 55.0 Å². The van der Waals surface area contributed by atoms with Crippen molar-refractivity contribution in [1.82, 2.24) is 24.6 Å². The number of hydrogen-bond donors (Lipinski definition) is 1. The largest absolute Gasteiger partial charge is 0.507 e. The zero-order valence-corrected chi connectivity index (χ0v) is 15.8. The Labute approximate surface area is 163 Å². The van der Waals surface area contributed by atoms with E-state index < -0.39 is 0 Å². The van der Waals surface area contributed by atoms with Gasteiger partial charge in [-0.15, -0.1) is 10.2 Å². The zero-order valence-electron chi connectivity index (χ0n) is 15.8. The lowest BCUT2D eigenvalue weighted by molar-refractivity contribution is 0.0626. The Morgan fingerprint density at radius 1 is 1.07 bits per heavy atom. The molecule has 7 nitrogen and oxygen atoms in total. The normalized spacial score (nSPS) is 24.4. The highest BCUT2D eigenvalue weighted by Crippen LogP contribution is 2.36. The summed E-state index contributed by atoms with van der Waals surface area (Å²) in [6.45, 7) is 0. The minimum absolute atomic E-state index is 0.154. The van der Waals surface area contributed by atoms with Crippen molar-refractivity contribution in [3.05, 3.63) is 49.1 Å². The van der Waals surface area contributed by atoms with E-state index in [4.69, 9.17) is 4.74 Å². The van der Waals surface area contributed by atoms with Crippen LogP contribution in [0.1, 0.15) is 25.7 Å². The third-order valence-electron chi connectivity index (χ3n) is 6.04. The molecule has 0 saturated carbocycles. The maximum absolute atomic E-state index is 10.4. The van der Waals surface area contributed by atoms with Gasteiger partial charge in [-0.2, -0.15) is 0 Å². The Morgan fingerprint density at radius 2 is 1.89 bits per heavy atom. The van der Waals surface area contributed by atoms with Crippen molar-refractivity contribution in [3.63, 3.8) is 0 Å². The van der Waals surface area contributed by atoms with Gasteiger partial charge in [0.05, 0.1) is 17.7 Å². The standard InChI is InChI=1S/C21H23N5O2/c1-25-14-2-3-15(25)11-17(10-14)28-21-7-6-19(23-24-21)18-5-4-16(12-20(18)27)26-9-8-22-13-26/h4-9,12-15,17,27H,2-3,10-11H2,1H3/t14-,15+,17?. The van der Waals surface area contributed by atoms with Crippen LogP contribution in [0.4, 0.5) is 0 Å². The van der Waals surface area contributed by atoms with Gasteiger partial charge in [0.25, 0.3) is 0 Å². The van der Waals surface area contributed by atoms with Crippen LogP contribution in [0.3, 0.4) is 0 Å². The highest BCUT2D eigenvalue weighted by molar-refractivity contribution is 5.68. The van der Waals surface area contributed by atoms with Crippen LogP contribution in [0.15, 0.2) is 49.1 Å². The molecule has 0 spiro atoms. The minimum atomic E-state index is 0.154. The van der Waals surface area contributed by atoms with Crippen LogP contribution >= 0.6 is 0 Å². The molecule has 1 unspecified atom stereocenters. The molecule has 3 atom stereocenters. The molecular formula is C21H23N5O2. The third kappa shape index (κ3) is 3.11. The first-order valence-corrected chi connectivity index (χ1v) is 9.71. The van der Waals surface area contributed by atoms with Crippen molar-refractivity contribution in [3.8, 4) is 28.6 Å². The Morgan fingerprint density at radius 3 is 2.54 bits per heavy atom. The van der Waals surface area contributed by atoms with E-state index in [1.165, 1.54) is 12.8 Å². The molecule has 2 saturated heterocycles. The topological polar surface area (TPSA) is 76.3 Å². The lowest BCUT2D eigenvalue weighted by Gasteiger charge is -2.35. The molecule has 1 N–H and O–H groups in total. The number of fused-ring (bicyclic) bond motifs is 2. The fraction of sp³-hybridized carbons (Fsp3) is 0.381. The predicted molar refractivity (Wildman–Crippen MR) is 104 cm³/mol. The van der Waals surface area contributed by atoms with Gasteiger partial charge in [-0.25, -0.2) is 4.98 Å². The van der Waals surface area contributed by atoms with Gasteiger partial charge in [0, 0.05) is 42.2 Å². The molecule has 2 aliphatic rings. The monoisotopic (exact) mass is 377 g/mol. The van der Waals surface area contributed by atoms with Gasteiger partial charge in [0.2, 0.25) is 5.88 Å². The van der Waals surface area contributed by atoms with E-state index in [-0.39, 0.29) is 11.9 Å². The first-order chi connectivity index (χ1) is 13.7. The molecule has 0 radical (unpaired) electrons. The Hall–Kier alpha value is -2.93. The minimum Gasteiger partial charge on any atom is -0.507 e. The molecule has 144 valence electrons. The zero-order chi connectivity index (χ0) is 19.1. The van der Waals surface area contributed by atoms with Gasteiger partial charge < -0.3 is 19.3 Å². The molecule has 2 fully saturated rings. The first kappa shape index (κ1) is 17.2. The number of piperidine rings is 1. The maximum Gasteiger partial charge on any atom is 0.233 e. The number of aromatic hydroxyl groups is 1. The summed E-state index contributed by atoms with van der Waals surface area (Å²) in [4.78, 5) is 6.52. The molecule has 5 rings (SSSR count). The average Bonchev–Trinajstić information content (AvgIpc) is 3.29. The SMILES string of the molecule is CN1[C@@H]2CC[C@H]1CC(Oc1ccc(-c3ccc(-n4ccnc4)cc3O)nn1)C2. The fourth-order valence-electron chi connectivity index (χ4n) is 4.46. The number of hydrogen-bond acceptors (Lipinski definition) is 6. The molecule has 1 aromatic carbocycles. The summed E-state index contributed by atoms with van der Waals surface area (Å²) < 4.78 is 7.93. The highest BCUT2D eigenvalue weighted by atomic mass is 16.5. The molecule has 0 aliphatic carbocycles. The van der Waals surface area contributed by atoms with E-state index in [1.54, 1.807) is 18.6 Å². The van der Waals surface area contributed by atoms with E-state index in [0.29, 0.717) is 29.2 Å². The Bertz CT molecular complexity index is 943. The smallest absolute Gasteiger partial charge is 0.233 e. The van der Waals surface area contributed by atoms with Gasteiger partial charge in [-0.05, 0) is 50.9 Å². The second-order valence-corrected chi connectivity index (χ2v) is 7.69. The number of benzene rings is 1. The quantitative estimate of drug-likeness (QED) is 0.753. The van der Waals surface area contributed by atoms with Gasteiger partial charge in [-0.1, -0.05) is 0 Å². The van der Waals surface area contributed by atoms with Gasteiger partial charge in [0.1, 0.15) is 11.9 Å². The number of rotatable bonds is 4. The molecule has 7 heteroatoms. The van der Waals surface area contributed by atoms with Crippen molar-refractivity contribution in [2.24, 2.45) is 0 Å². The number of nitrogens with zero attached hydrogens (tertiary/aromatic N) is 5. The molecular weight excluding hydrogens is 354 g/mol. The Kier molecular flexibility index (Phi) is 4.24. The molecule has 0 amide bonds. The van der Waals surface area contributed by atoms with E-state index in [0.717, 1.165) is 18.5 Å². The van der Waals surface area contributed by atoms with Crippen LogP contribution in [0.5, 0.6) is 11.6 Å². The second kappa shape index (κ2) is 6.91. The average molecular weight is 377 g/mol. The van der Waals surface area contributed by atoms with Crippen molar-refractivity contribution in [2.75, 3.05) is 7.05 Å². The molecule has 28 heavy (non-hydrogen) atoms. The number of phenols is 1. The van der Waals surface area contributed by atoms with Crippen molar-refractivity contribution in [1.29, 1.82) is 0 Å². The fourth-order valence-corrected chi connectivity index (χ4v) is 4.46. The Balaban J connectivity index is 1.30. The first-order valence-electron chi connectivity index (χ1n) is 9.71. The third-order valence-corrected chi connectivity index (χ3v) is 6.04. The van der Waals surface area contributed by atoms with Gasteiger partial charge in [0.15, 0.2) is 0 Å². The van der Waals surface area contributed by atoms with E-state index in [1.807, 2.05) is 35.0 Å². The summed E-state index contributed by atoms with van der Waals surface area (Å²) in [7, 11) is 2.22. The molecule has 2 aromatic heterocycles. The molecule has 2 aliphatic heterocycles. The van der Waals surface area contributed by atoms with Gasteiger partial charge >= 0.3 is 0 Å². The number of imidazole rings is 1. The molecule has 4 heterocycles. The van der Waals surface area contributed by atoms with E-state index in [2.05, 4.69) is 27.1 Å². The van der Waals surface area contributed by atoms with Crippen LogP contribution in [0, 0.1) is 0 Å². The van der Waals surface area contributed by atoms with Crippen LogP contribution in [-0.2, 0) is 0 Å². The summed E-state index contributed by atoms with van der Waals surface area (Å²) in [5, 5.41) is 18.9. The summed E-state index contributed by atoms with van der Waals surface area (Å²) in [6, 6.07) is 10.4. The van der Waals surface area contributed by atoms with Crippen molar-refractivity contribution >= 4 is 0 Å². The van der Waals surface area contributed by atoms with Crippen LogP contribution in [0.25, 0.3) is 16.9 Å². The lowest BCUT2D eigenvalue weighted by Crippen LogP contribution is -2.43. The summed E-state index contributed by atoms with van der Waals surface area (Å²) in [5.74, 6) is 0.702. The summed E-state index contributed by atoms with van der Waals surface area (Å²) in [6.07, 6.45) is 10.0. The highest BCUT2D eigenvalue weighted by Gasteiger charge is 2.39. The summed E-state index contributed by atoms with van der Waals surface area (Å²) >= 11 is 0. The lowest BCUT2D eigenvalue weighted by atomic mass is 10.0. The van der Waals surface area contributed by atoms with E-state index >= 15 is 0 Å². The van der Waals surface area contributed by atoms with Gasteiger partial charge in [-0.3, -0.25) is 0 Å². The van der Waals surface area contributed by atoms with E-state index in [9.17, 15) is 5.11 Å². The second-order valence-electron chi connectivity index (χ2n) is 7.69. The summed E-state index contributed by atoms with van der Waals surface area (Å²) in [5.41, 5.74) is 2.09. The predicted octanol–water partition coefficient (Wildman–Crippen LogP) is 3.04. The van der Waals surface area contributed by atoms with Crippen molar-refractivity contribution in [2.45, 2.75) is 43.9 Å². The van der Waals surface area contributed by atoms with Crippen LogP contribution < -0.4 is 4.74 Å². The number of ether oxygens (including phenoxy) is 1. The van der Waals surface area contributed by atoms with Crippen molar-refractivity contribution < 1.29 is 9.84 Å². The van der Waals surface area contributed by atoms with Crippen LogP contribution in [0.2, 0.25) is 0 Å². The maximum atomic E-state index is 10.4. The number of phenolic OH excluding ortho intramolecular Hbond substituents is 1.